The Morgan fingerprint density at radius 1 is 1.32 bits per heavy atom. The second-order valence-corrected chi connectivity index (χ2v) is 8.39. The third-order valence-electron chi connectivity index (χ3n) is 4.34. The second-order valence-electron chi connectivity index (χ2n) is 7.53. The van der Waals surface area contributed by atoms with Gasteiger partial charge in [-0.05, 0) is 31.0 Å². The summed E-state index contributed by atoms with van der Waals surface area (Å²) in [6, 6.07) is 6.25. The number of nitrogens with zero attached hydrogens (tertiary/aromatic N) is 2. The smallest absolute Gasteiger partial charge is 0.231 e. The molecule has 0 aliphatic carbocycles. The first kappa shape index (κ1) is 17.6. The lowest BCUT2D eigenvalue weighted by Crippen LogP contribution is -2.33. The quantitative estimate of drug-likeness (QED) is 0.880. The van der Waals surface area contributed by atoms with E-state index in [-0.39, 0.29) is 17.9 Å². The zero-order valence-corrected chi connectivity index (χ0v) is 16.0. The predicted octanol–water partition coefficient (Wildman–Crippen LogP) is 4.09. The molecule has 1 aromatic carbocycles. The van der Waals surface area contributed by atoms with Crippen LogP contribution in [0.5, 0.6) is 0 Å². The first-order valence-electron chi connectivity index (χ1n) is 8.37. The lowest BCUT2D eigenvalue weighted by molar-refractivity contribution is -0.123. The van der Waals surface area contributed by atoms with Gasteiger partial charge in [-0.25, -0.2) is 4.98 Å². The number of hydrogen-bond donors (Lipinski definition) is 1. The van der Waals surface area contributed by atoms with Gasteiger partial charge in [0.05, 0.1) is 5.69 Å². The molecule has 3 rings (SSSR count). The van der Waals surface area contributed by atoms with E-state index in [1.54, 1.807) is 6.92 Å². The molecular weight excluding hydrogens is 334 g/mol. The number of fused-ring (bicyclic) bond motifs is 1. The topological polar surface area (TPSA) is 62.3 Å². The summed E-state index contributed by atoms with van der Waals surface area (Å²) < 4.78 is 0. The SMILES string of the molecule is CC(=O)N1c2ccc(-c3csc(NC(=O)C(C)(C)C)n3)cc2C[C@@H]1C. The molecule has 0 saturated carbocycles. The molecule has 1 aromatic heterocycles. The summed E-state index contributed by atoms with van der Waals surface area (Å²) in [4.78, 5) is 30.3. The number of carbonyl (C=O) groups excluding carboxylic acids is 2. The van der Waals surface area contributed by atoms with Crippen LogP contribution in [0.2, 0.25) is 0 Å². The van der Waals surface area contributed by atoms with Gasteiger partial charge in [0, 0.05) is 35.0 Å². The maximum Gasteiger partial charge on any atom is 0.231 e. The zero-order valence-electron chi connectivity index (χ0n) is 15.2. The van der Waals surface area contributed by atoms with Crippen molar-refractivity contribution in [1.29, 1.82) is 0 Å². The van der Waals surface area contributed by atoms with E-state index in [1.165, 1.54) is 11.3 Å². The van der Waals surface area contributed by atoms with Gasteiger partial charge in [-0.15, -0.1) is 11.3 Å². The molecule has 0 bridgehead atoms. The van der Waals surface area contributed by atoms with Crippen molar-refractivity contribution in [3.63, 3.8) is 0 Å². The molecule has 2 heterocycles. The fourth-order valence-corrected chi connectivity index (χ4v) is 3.73. The summed E-state index contributed by atoms with van der Waals surface area (Å²) in [5, 5.41) is 5.42. The van der Waals surface area contributed by atoms with Gasteiger partial charge in [-0.2, -0.15) is 0 Å². The first-order valence-corrected chi connectivity index (χ1v) is 9.25. The molecule has 1 aliphatic heterocycles. The highest BCUT2D eigenvalue weighted by molar-refractivity contribution is 7.14. The lowest BCUT2D eigenvalue weighted by Gasteiger charge is -2.20. The summed E-state index contributed by atoms with van der Waals surface area (Å²) in [7, 11) is 0. The van der Waals surface area contributed by atoms with Gasteiger partial charge in [0.2, 0.25) is 11.8 Å². The van der Waals surface area contributed by atoms with Gasteiger partial charge in [0.25, 0.3) is 0 Å². The molecular formula is C19H23N3O2S. The third kappa shape index (κ3) is 3.44. The lowest BCUT2D eigenvalue weighted by atomic mass is 9.96. The van der Waals surface area contributed by atoms with Crippen LogP contribution in [0.1, 0.15) is 40.2 Å². The van der Waals surface area contributed by atoms with E-state index in [0.717, 1.165) is 28.9 Å². The van der Waals surface area contributed by atoms with E-state index >= 15 is 0 Å². The Bertz CT molecular complexity index is 835. The van der Waals surface area contributed by atoms with Crippen LogP contribution in [0.25, 0.3) is 11.3 Å². The summed E-state index contributed by atoms with van der Waals surface area (Å²) in [5.74, 6) is 0.0214. The number of hydrogen-bond acceptors (Lipinski definition) is 4. The number of aromatic nitrogens is 1. The second kappa shape index (κ2) is 6.26. The Hall–Kier alpha value is -2.21. The van der Waals surface area contributed by atoms with E-state index in [4.69, 9.17) is 0 Å². The van der Waals surface area contributed by atoms with Crippen molar-refractivity contribution in [2.75, 3.05) is 10.2 Å². The van der Waals surface area contributed by atoms with Gasteiger partial charge in [0.1, 0.15) is 0 Å². The monoisotopic (exact) mass is 357 g/mol. The normalized spacial score (nSPS) is 16.7. The van der Waals surface area contributed by atoms with Crippen molar-refractivity contribution in [3.05, 3.63) is 29.1 Å². The minimum atomic E-state index is -0.453. The molecule has 0 radical (unpaired) electrons. The van der Waals surface area contributed by atoms with E-state index in [9.17, 15) is 9.59 Å². The van der Waals surface area contributed by atoms with Gasteiger partial charge in [-0.3, -0.25) is 9.59 Å². The highest BCUT2D eigenvalue weighted by atomic mass is 32.1. The molecule has 0 unspecified atom stereocenters. The molecule has 1 aliphatic rings. The third-order valence-corrected chi connectivity index (χ3v) is 5.09. The van der Waals surface area contributed by atoms with Crippen molar-refractivity contribution in [1.82, 2.24) is 4.98 Å². The van der Waals surface area contributed by atoms with E-state index in [1.807, 2.05) is 43.2 Å². The van der Waals surface area contributed by atoms with E-state index in [0.29, 0.717) is 5.13 Å². The summed E-state index contributed by atoms with van der Waals surface area (Å²) in [6.45, 7) is 9.28. The standard InChI is InChI=1S/C19H23N3O2S/c1-11-8-14-9-13(6-7-16(14)22(11)12(2)23)15-10-25-18(20-15)21-17(24)19(3,4)5/h6-7,9-11H,8H2,1-5H3,(H,20,21,24)/t11-/m0/s1. The molecule has 2 amide bonds. The molecule has 6 heteroatoms. The van der Waals surface area contributed by atoms with Crippen molar-refractivity contribution in [2.24, 2.45) is 5.41 Å². The number of carbonyl (C=O) groups is 2. The molecule has 1 N–H and O–H groups in total. The summed E-state index contributed by atoms with van der Waals surface area (Å²) in [6.07, 6.45) is 0.848. The number of rotatable bonds is 2. The molecule has 1 atom stereocenters. The Labute approximate surface area is 152 Å². The molecule has 5 nitrogen and oxygen atoms in total. The molecule has 2 aromatic rings. The number of thiazole rings is 1. The Kier molecular flexibility index (Phi) is 4.41. The zero-order chi connectivity index (χ0) is 18.4. The van der Waals surface area contributed by atoms with Gasteiger partial charge >= 0.3 is 0 Å². The average molecular weight is 357 g/mol. The van der Waals surface area contributed by atoms with Gasteiger partial charge in [0.15, 0.2) is 5.13 Å². The first-order chi connectivity index (χ1) is 11.7. The Morgan fingerprint density at radius 3 is 2.68 bits per heavy atom. The number of amides is 2. The molecule has 25 heavy (non-hydrogen) atoms. The van der Waals surface area contributed by atoms with Crippen LogP contribution >= 0.6 is 11.3 Å². The van der Waals surface area contributed by atoms with Crippen LogP contribution in [-0.2, 0) is 16.0 Å². The van der Waals surface area contributed by atoms with Crippen molar-refractivity contribution in [2.45, 2.75) is 47.1 Å². The van der Waals surface area contributed by atoms with E-state index in [2.05, 4.69) is 23.3 Å². The fourth-order valence-electron chi connectivity index (χ4n) is 3.02. The van der Waals surface area contributed by atoms with Crippen LogP contribution in [0.3, 0.4) is 0 Å². The van der Waals surface area contributed by atoms with Gasteiger partial charge in [-0.1, -0.05) is 26.8 Å². The molecule has 0 spiro atoms. The molecule has 0 saturated heterocycles. The van der Waals surface area contributed by atoms with Gasteiger partial charge < -0.3 is 10.2 Å². The summed E-state index contributed by atoms with van der Waals surface area (Å²) in [5.41, 5.74) is 3.54. The minimum absolute atomic E-state index is 0.0479. The van der Waals surface area contributed by atoms with Crippen LogP contribution in [0.4, 0.5) is 10.8 Å². The van der Waals surface area contributed by atoms with Crippen molar-refractivity contribution >= 4 is 34.0 Å². The fraction of sp³-hybridized carbons (Fsp3) is 0.421. The van der Waals surface area contributed by atoms with Crippen molar-refractivity contribution < 1.29 is 9.59 Å². The number of nitrogens with one attached hydrogen (secondary N) is 1. The van der Waals surface area contributed by atoms with E-state index < -0.39 is 5.41 Å². The molecule has 0 fully saturated rings. The predicted molar refractivity (Wildman–Crippen MR) is 102 cm³/mol. The summed E-state index contributed by atoms with van der Waals surface area (Å²) >= 11 is 1.42. The van der Waals surface area contributed by atoms with Crippen LogP contribution in [-0.4, -0.2) is 22.8 Å². The highest BCUT2D eigenvalue weighted by Crippen LogP contribution is 2.36. The molecule has 132 valence electrons. The Morgan fingerprint density at radius 2 is 2.04 bits per heavy atom. The largest absolute Gasteiger partial charge is 0.309 e. The van der Waals surface area contributed by atoms with Crippen molar-refractivity contribution in [3.8, 4) is 11.3 Å². The number of benzene rings is 1. The highest BCUT2D eigenvalue weighted by Gasteiger charge is 2.29. The average Bonchev–Trinajstić information content (AvgIpc) is 3.08. The number of anilines is 2. The van der Waals surface area contributed by atoms with Crippen LogP contribution in [0.15, 0.2) is 23.6 Å². The van der Waals surface area contributed by atoms with Crippen LogP contribution < -0.4 is 10.2 Å². The van der Waals surface area contributed by atoms with Crippen LogP contribution in [0, 0.1) is 5.41 Å². The minimum Gasteiger partial charge on any atom is -0.309 e. The Balaban J connectivity index is 1.84. The maximum absolute atomic E-state index is 12.1. The maximum atomic E-state index is 12.1.